The largest absolute Gasteiger partial charge is 0.338 e. The highest BCUT2D eigenvalue weighted by Crippen LogP contribution is 2.31. The first kappa shape index (κ1) is 14.4. The number of hydrogen-bond donors (Lipinski definition) is 2. The van der Waals surface area contributed by atoms with Crippen LogP contribution in [-0.2, 0) is 0 Å². The number of benzene rings is 2. The Morgan fingerprint density at radius 2 is 1.58 bits per heavy atom. The molecule has 24 heavy (non-hydrogen) atoms. The molecule has 0 aliphatic rings. The van der Waals surface area contributed by atoms with Gasteiger partial charge in [-0.15, -0.1) is 0 Å². The number of rotatable bonds is 3. The zero-order chi connectivity index (χ0) is 16.5. The van der Waals surface area contributed by atoms with E-state index in [1.54, 1.807) is 0 Å². The van der Waals surface area contributed by atoms with Gasteiger partial charge in [0.15, 0.2) is 11.5 Å². The number of aromatic nitrogens is 4. The van der Waals surface area contributed by atoms with Crippen LogP contribution in [0.1, 0.15) is 11.6 Å². The molecular weight excluding hydrogens is 298 g/mol. The third-order valence-corrected chi connectivity index (χ3v) is 3.85. The average molecular weight is 315 g/mol. The number of fused-ring (bicyclic) bond motifs is 1. The third kappa shape index (κ3) is 2.60. The van der Waals surface area contributed by atoms with Gasteiger partial charge in [0.1, 0.15) is 17.2 Å². The van der Waals surface area contributed by atoms with Crippen LogP contribution in [0.3, 0.4) is 0 Å². The van der Waals surface area contributed by atoms with Crippen molar-refractivity contribution in [3.05, 3.63) is 66.2 Å². The molecule has 2 aromatic carbocycles. The summed E-state index contributed by atoms with van der Waals surface area (Å²) in [6, 6.07) is 18.5. The van der Waals surface area contributed by atoms with Gasteiger partial charge < -0.3 is 10.3 Å². The van der Waals surface area contributed by atoms with Crippen molar-refractivity contribution in [3.8, 4) is 11.1 Å². The molecule has 5 heteroatoms. The molecule has 4 rings (SSSR count). The number of para-hydroxylation sites is 1. The second kappa shape index (κ2) is 5.77. The summed E-state index contributed by atoms with van der Waals surface area (Å²) in [7, 11) is 0. The monoisotopic (exact) mass is 315 g/mol. The Morgan fingerprint density at radius 3 is 2.42 bits per heavy atom. The van der Waals surface area contributed by atoms with Gasteiger partial charge in [0.05, 0.1) is 0 Å². The topological polar surface area (TPSA) is 66.5 Å². The first-order valence-electron chi connectivity index (χ1n) is 7.83. The van der Waals surface area contributed by atoms with Gasteiger partial charge in [0.2, 0.25) is 0 Å². The summed E-state index contributed by atoms with van der Waals surface area (Å²) in [5.41, 5.74) is 4.78. The zero-order valence-electron chi connectivity index (χ0n) is 13.5. The summed E-state index contributed by atoms with van der Waals surface area (Å²) < 4.78 is 0. The van der Waals surface area contributed by atoms with Crippen LogP contribution >= 0.6 is 0 Å². The Hall–Kier alpha value is -3.21. The maximum atomic E-state index is 4.55. The number of hydrogen-bond acceptors (Lipinski definition) is 4. The average Bonchev–Trinajstić information content (AvgIpc) is 2.96. The lowest BCUT2D eigenvalue weighted by atomic mass is 10.0. The summed E-state index contributed by atoms with van der Waals surface area (Å²) in [6.07, 6.45) is 0. The van der Waals surface area contributed by atoms with Crippen molar-refractivity contribution in [1.82, 2.24) is 19.9 Å². The SMILES string of the molecule is Cc1nc(Nc2ccccc2-c2ccccc2)c2[nH]c(C)nc2n1. The molecule has 2 heterocycles. The first-order chi connectivity index (χ1) is 11.7. The second-order valence-corrected chi connectivity index (χ2v) is 5.68. The van der Waals surface area contributed by atoms with E-state index in [9.17, 15) is 0 Å². The van der Waals surface area contributed by atoms with Crippen molar-refractivity contribution in [1.29, 1.82) is 0 Å². The first-order valence-corrected chi connectivity index (χ1v) is 7.83. The fourth-order valence-electron chi connectivity index (χ4n) is 2.80. The number of nitrogens with one attached hydrogen (secondary N) is 2. The quantitative estimate of drug-likeness (QED) is 0.589. The maximum Gasteiger partial charge on any atom is 0.183 e. The van der Waals surface area contributed by atoms with Crippen LogP contribution in [0.2, 0.25) is 0 Å². The molecule has 0 atom stereocenters. The van der Waals surface area contributed by atoms with Crippen LogP contribution < -0.4 is 5.32 Å². The number of aromatic amines is 1. The van der Waals surface area contributed by atoms with Crippen molar-refractivity contribution in [3.63, 3.8) is 0 Å². The molecule has 0 amide bonds. The Morgan fingerprint density at radius 1 is 0.833 bits per heavy atom. The van der Waals surface area contributed by atoms with E-state index in [2.05, 4.69) is 49.5 Å². The van der Waals surface area contributed by atoms with Crippen LogP contribution in [0.4, 0.5) is 11.5 Å². The summed E-state index contributed by atoms with van der Waals surface area (Å²) in [5.74, 6) is 2.25. The molecule has 0 spiro atoms. The molecule has 0 bridgehead atoms. The molecule has 2 N–H and O–H groups in total. The minimum Gasteiger partial charge on any atom is -0.338 e. The molecule has 0 aliphatic heterocycles. The third-order valence-electron chi connectivity index (χ3n) is 3.85. The van der Waals surface area contributed by atoms with Crippen LogP contribution in [-0.4, -0.2) is 19.9 Å². The maximum absolute atomic E-state index is 4.55. The Labute approximate surface area is 139 Å². The fourth-order valence-corrected chi connectivity index (χ4v) is 2.80. The van der Waals surface area contributed by atoms with Gasteiger partial charge in [-0.1, -0.05) is 48.5 Å². The highest BCUT2D eigenvalue weighted by molar-refractivity contribution is 5.89. The van der Waals surface area contributed by atoms with E-state index in [-0.39, 0.29) is 0 Å². The van der Waals surface area contributed by atoms with Crippen molar-refractivity contribution < 1.29 is 0 Å². The lowest BCUT2D eigenvalue weighted by Gasteiger charge is -2.12. The Bertz CT molecular complexity index is 1000. The molecule has 4 aromatic rings. The van der Waals surface area contributed by atoms with Gasteiger partial charge in [-0.3, -0.25) is 0 Å². The van der Waals surface area contributed by atoms with E-state index >= 15 is 0 Å². The normalized spacial score (nSPS) is 10.9. The van der Waals surface area contributed by atoms with Gasteiger partial charge in [-0.25, -0.2) is 15.0 Å². The number of aryl methyl sites for hydroxylation is 2. The molecule has 0 unspecified atom stereocenters. The van der Waals surface area contributed by atoms with Gasteiger partial charge in [0, 0.05) is 11.3 Å². The fraction of sp³-hybridized carbons (Fsp3) is 0.105. The predicted molar refractivity (Wildman–Crippen MR) is 96.3 cm³/mol. The summed E-state index contributed by atoms with van der Waals surface area (Å²) in [4.78, 5) is 16.6. The summed E-state index contributed by atoms with van der Waals surface area (Å²) in [6.45, 7) is 3.79. The molecule has 118 valence electrons. The van der Waals surface area contributed by atoms with E-state index in [1.807, 2.05) is 44.2 Å². The minimum atomic E-state index is 0.680. The van der Waals surface area contributed by atoms with Crippen molar-refractivity contribution in [2.75, 3.05) is 5.32 Å². The lowest BCUT2D eigenvalue weighted by molar-refractivity contribution is 1.08. The minimum absolute atomic E-state index is 0.680. The van der Waals surface area contributed by atoms with Gasteiger partial charge in [-0.2, -0.15) is 0 Å². The summed E-state index contributed by atoms with van der Waals surface area (Å²) >= 11 is 0. The Kier molecular flexibility index (Phi) is 3.46. The van der Waals surface area contributed by atoms with Crippen molar-refractivity contribution >= 4 is 22.7 Å². The van der Waals surface area contributed by atoms with Crippen LogP contribution in [0.5, 0.6) is 0 Å². The van der Waals surface area contributed by atoms with E-state index < -0.39 is 0 Å². The molecule has 2 aromatic heterocycles. The summed E-state index contributed by atoms with van der Waals surface area (Å²) in [5, 5.41) is 3.45. The molecule has 0 saturated carbocycles. The van der Waals surface area contributed by atoms with Crippen molar-refractivity contribution in [2.24, 2.45) is 0 Å². The smallest absolute Gasteiger partial charge is 0.183 e. The lowest BCUT2D eigenvalue weighted by Crippen LogP contribution is -2.00. The molecule has 0 aliphatic carbocycles. The standard InChI is InChI=1S/C19H17N5/c1-12-20-17-18(21-12)22-13(2)23-19(17)24-16-11-7-6-10-15(16)14-8-4-3-5-9-14/h3-11H,1-2H3,(H2,20,21,22,23,24). The highest BCUT2D eigenvalue weighted by atomic mass is 15.1. The highest BCUT2D eigenvalue weighted by Gasteiger charge is 2.12. The van der Waals surface area contributed by atoms with Gasteiger partial charge >= 0.3 is 0 Å². The molecule has 5 nitrogen and oxygen atoms in total. The van der Waals surface area contributed by atoms with Gasteiger partial charge in [-0.05, 0) is 25.5 Å². The van der Waals surface area contributed by atoms with Crippen LogP contribution in [0.25, 0.3) is 22.3 Å². The van der Waals surface area contributed by atoms with Crippen LogP contribution in [0.15, 0.2) is 54.6 Å². The zero-order valence-corrected chi connectivity index (χ0v) is 13.5. The second-order valence-electron chi connectivity index (χ2n) is 5.68. The number of anilines is 2. The Balaban J connectivity index is 1.83. The van der Waals surface area contributed by atoms with E-state index in [4.69, 9.17) is 0 Å². The predicted octanol–water partition coefficient (Wildman–Crippen LogP) is 4.38. The van der Waals surface area contributed by atoms with E-state index in [0.29, 0.717) is 11.5 Å². The molecule has 0 saturated heterocycles. The molecule has 0 fully saturated rings. The van der Waals surface area contributed by atoms with Crippen LogP contribution in [0, 0.1) is 13.8 Å². The van der Waals surface area contributed by atoms with Gasteiger partial charge in [0.25, 0.3) is 0 Å². The van der Waals surface area contributed by atoms with Crippen molar-refractivity contribution in [2.45, 2.75) is 13.8 Å². The van der Waals surface area contributed by atoms with E-state index in [1.165, 1.54) is 0 Å². The number of imidazole rings is 1. The van der Waals surface area contributed by atoms with E-state index in [0.717, 1.165) is 34.0 Å². The number of H-pyrrole nitrogens is 1. The number of nitrogens with zero attached hydrogens (tertiary/aromatic N) is 3. The molecule has 0 radical (unpaired) electrons. The molecular formula is C19H17N5.